The van der Waals surface area contributed by atoms with Crippen LogP contribution < -0.4 is 5.32 Å². The number of thiazole rings is 1. The van der Waals surface area contributed by atoms with Gasteiger partial charge in [-0.2, -0.15) is 5.26 Å². The Hall–Kier alpha value is -1.41. The minimum absolute atomic E-state index is 0.243. The highest BCUT2D eigenvalue weighted by atomic mass is 32.1. The van der Waals surface area contributed by atoms with Gasteiger partial charge in [-0.3, -0.25) is 4.79 Å². The third-order valence-electron chi connectivity index (χ3n) is 2.44. The molecular formula is C9H9N3OS. The average molecular weight is 207 g/mol. The quantitative estimate of drug-likeness (QED) is 0.795. The molecule has 1 saturated carbocycles. The largest absolute Gasteiger partial charge is 0.332 e. The molecule has 0 bridgehead atoms. The van der Waals surface area contributed by atoms with E-state index in [1.165, 1.54) is 11.3 Å². The molecule has 1 aromatic heterocycles. The van der Waals surface area contributed by atoms with Gasteiger partial charge in [0.2, 0.25) is 0 Å². The molecule has 1 aliphatic rings. The first-order valence-electron chi connectivity index (χ1n) is 4.38. The molecule has 0 aliphatic heterocycles. The maximum Gasteiger partial charge on any atom is 0.271 e. The van der Waals surface area contributed by atoms with Crippen LogP contribution in [0.1, 0.15) is 29.8 Å². The Morgan fingerprint density at radius 1 is 1.71 bits per heavy atom. The Morgan fingerprint density at radius 3 is 2.93 bits per heavy atom. The summed E-state index contributed by atoms with van der Waals surface area (Å²) in [4.78, 5) is 15.4. The van der Waals surface area contributed by atoms with E-state index in [-0.39, 0.29) is 5.91 Å². The summed E-state index contributed by atoms with van der Waals surface area (Å²) in [5, 5.41) is 13.3. The van der Waals surface area contributed by atoms with Gasteiger partial charge in [0.15, 0.2) is 0 Å². The lowest BCUT2D eigenvalue weighted by Crippen LogP contribution is -2.52. The van der Waals surface area contributed by atoms with Gasteiger partial charge in [-0.1, -0.05) is 0 Å². The van der Waals surface area contributed by atoms with Crippen molar-refractivity contribution in [2.75, 3.05) is 0 Å². The lowest BCUT2D eigenvalue weighted by molar-refractivity contribution is 0.0877. The molecule has 0 aromatic carbocycles. The predicted molar refractivity (Wildman–Crippen MR) is 51.8 cm³/mol. The predicted octanol–water partition coefficient (Wildman–Crippen LogP) is 1.32. The molecular weight excluding hydrogens is 198 g/mol. The fourth-order valence-corrected chi connectivity index (χ4v) is 1.93. The van der Waals surface area contributed by atoms with Gasteiger partial charge in [0, 0.05) is 5.38 Å². The molecule has 14 heavy (non-hydrogen) atoms. The van der Waals surface area contributed by atoms with Crippen molar-refractivity contribution in [3.8, 4) is 6.07 Å². The van der Waals surface area contributed by atoms with Gasteiger partial charge in [0.1, 0.15) is 11.2 Å². The molecule has 1 heterocycles. The summed E-state index contributed by atoms with van der Waals surface area (Å²) in [5.41, 5.74) is 1.38. The van der Waals surface area contributed by atoms with Crippen LogP contribution in [0.5, 0.6) is 0 Å². The zero-order valence-electron chi connectivity index (χ0n) is 7.49. The topological polar surface area (TPSA) is 65.8 Å². The van der Waals surface area contributed by atoms with Crippen LogP contribution in [0.15, 0.2) is 10.9 Å². The highest BCUT2D eigenvalue weighted by Crippen LogP contribution is 2.31. The van der Waals surface area contributed by atoms with Gasteiger partial charge >= 0.3 is 0 Å². The highest BCUT2D eigenvalue weighted by molar-refractivity contribution is 7.07. The van der Waals surface area contributed by atoms with Crippen LogP contribution in [0.3, 0.4) is 0 Å². The number of hydrogen-bond acceptors (Lipinski definition) is 4. The summed E-state index contributed by atoms with van der Waals surface area (Å²) in [7, 11) is 0. The number of amides is 1. The van der Waals surface area contributed by atoms with E-state index in [1.54, 1.807) is 10.9 Å². The molecule has 1 N–H and O–H groups in total. The number of rotatable bonds is 2. The standard InChI is InChI=1S/C9H9N3OS/c10-5-9(2-1-3-9)12-8(13)7-4-14-6-11-7/h4,6H,1-3H2,(H,12,13). The van der Waals surface area contributed by atoms with Crippen molar-refractivity contribution in [3.63, 3.8) is 0 Å². The van der Waals surface area contributed by atoms with E-state index in [0.717, 1.165) is 19.3 Å². The molecule has 72 valence electrons. The highest BCUT2D eigenvalue weighted by Gasteiger charge is 2.38. The number of aromatic nitrogens is 1. The van der Waals surface area contributed by atoms with Crippen LogP contribution in [0.4, 0.5) is 0 Å². The summed E-state index contributed by atoms with van der Waals surface area (Å²) < 4.78 is 0. The molecule has 1 aliphatic carbocycles. The molecule has 0 radical (unpaired) electrons. The fraction of sp³-hybridized carbons (Fsp3) is 0.444. The number of hydrogen-bond donors (Lipinski definition) is 1. The van der Waals surface area contributed by atoms with E-state index in [2.05, 4.69) is 16.4 Å². The smallest absolute Gasteiger partial charge is 0.271 e. The van der Waals surface area contributed by atoms with Gasteiger partial charge in [-0.05, 0) is 19.3 Å². The molecule has 0 spiro atoms. The van der Waals surface area contributed by atoms with Crippen molar-refractivity contribution >= 4 is 17.2 Å². The minimum Gasteiger partial charge on any atom is -0.332 e. The zero-order valence-corrected chi connectivity index (χ0v) is 8.30. The van der Waals surface area contributed by atoms with Crippen LogP contribution in [-0.2, 0) is 0 Å². The lowest BCUT2D eigenvalue weighted by Gasteiger charge is -2.35. The van der Waals surface area contributed by atoms with Crippen molar-refractivity contribution in [2.24, 2.45) is 0 Å². The van der Waals surface area contributed by atoms with Gasteiger partial charge in [-0.25, -0.2) is 4.98 Å². The Bertz CT molecular complexity index is 375. The first-order valence-corrected chi connectivity index (χ1v) is 5.32. The van der Waals surface area contributed by atoms with Crippen molar-refractivity contribution in [2.45, 2.75) is 24.8 Å². The average Bonchev–Trinajstić information content (AvgIpc) is 2.63. The van der Waals surface area contributed by atoms with Gasteiger partial charge < -0.3 is 5.32 Å². The van der Waals surface area contributed by atoms with Crippen molar-refractivity contribution in [1.29, 1.82) is 5.26 Å². The summed E-state index contributed by atoms with van der Waals surface area (Å²) >= 11 is 1.37. The molecule has 5 heteroatoms. The van der Waals surface area contributed by atoms with Crippen LogP contribution in [-0.4, -0.2) is 16.4 Å². The van der Waals surface area contributed by atoms with Crippen LogP contribution in [0.2, 0.25) is 0 Å². The lowest BCUT2D eigenvalue weighted by atomic mass is 9.78. The molecule has 0 unspecified atom stereocenters. The van der Waals surface area contributed by atoms with Gasteiger partial charge in [-0.15, -0.1) is 11.3 Å². The Kier molecular flexibility index (Phi) is 2.22. The van der Waals surface area contributed by atoms with E-state index in [9.17, 15) is 4.79 Å². The van der Waals surface area contributed by atoms with E-state index in [0.29, 0.717) is 5.69 Å². The number of carbonyl (C=O) groups is 1. The Morgan fingerprint density at radius 2 is 2.50 bits per heavy atom. The summed E-state index contributed by atoms with van der Waals surface area (Å²) in [6, 6.07) is 2.15. The van der Waals surface area contributed by atoms with Crippen molar-refractivity contribution in [1.82, 2.24) is 10.3 Å². The van der Waals surface area contributed by atoms with Crippen molar-refractivity contribution in [3.05, 3.63) is 16.6 Å². The number of nitriles is 1. The SMILES string of the molecule is N#CC1(NC(=O)c2cscn2)CCC1. The molecule has 1 aromatic rings. The van der Waals surface area contributed by atoms with Crippen LogP contribution in [0, 0.1) is 11.3 Å². The first-order chi connectivity index (χ1) is 6.76. The summed E-state index contributed by atoms with van der Waals surface area (Å²) in [5.74, 6) is -0.243. The molecule has 0 saturated heterocycles. The normalized spacial score (nSPS) is 17.9. The molecule has 1 amide bonds. The second-order valence-corrected chi connectivity index (χ2v) is 4.09. The third-order valence-corrected chi connectivity index (χ3v) is 3.03. The minimum atomic E-state index is -0.624. The van der Waals surface area contributed by atoms with Crippen molar-refractivity contribution < 1.29 is 4.79 Å². The zero-order chi connectivity index (χ0) is 10.0. The molecule has 1 fully saturated rings. The van der Waals surface area contributed by atoms with Gasteiger partial charge in [0.25, 0.3) is 5.91 Å². The molecule has 4 nitrogen and oxygen atoms in total. The number of nitrogens with one attached hydrogen (secondary N) is 1. The monoisotopic (exact) mass is 207 g/mol. The maximum absolute atomic E-state index is 11.6. The first kappa shape index (κ1) is 9.16. The number of nitrogens with zero attached hydrogens (tertiary/aromatic N) is 2. The summed E-state index contributed by atoms with van der Waals surface area (Å²) in [6.45, 7) is 0. The van der Waals surface area contributed by atoms with E-state index in [1.807, 2.05) is 0 Å². The van der Waals surface area contributed by atoms with Gasteiger partial charge in [0.05, 0.1) is 11.6 Å². The maximum atomic E-state index is 11.6. The number of carbonyl (C=O) groups excluding carboxylic acids is 1. The van der Waals surface area contributed by atoms with E-state index < -0.39 is 5.54 Å². The van der Waals surface area contributed by atoms with Crippen LogP contribution >= 0.6 is 11.3 Å². The summed E-state index contributed by atoms with van der Waals surface area (Å²) in [6.07, 6.45) is 2.50. The van der Waals surface area contributed by atoms with E-state index in [4.69, 9.17) is 5.26 Å². The molecule has 2 rings (SSSR count). The Balaban J connectivity index is 2.05. The second-order valence-electron chi connectivity index (χ2n) is 3.38. The van der Waals surface area contributed by atoms with Crippen LogP contribution in [0.25, 0.3) is 0 Å². The fourth-order valence-electron chi connectivity index (χ4n) is 1.40. The molecule has 0 atom stereocenters. The third kappa shape index (κ3) is 1.49. The van der Waals surface area contributed by atoms with E-state index >= 15 is 0 Å². The Labute approximate surface area is 85.6 Å². The second kappa shape index (κ2) is 3.39.